The van der Waals surface area contributed by atoms with Crippen LogP contribution in [0.25, 0.3) is 21.3 Å². The molecule has 0 aliphatic carbocycles. The van der Waals surface area contributed by atoms with E-state index in [1.54, 1.807) is 24.8 Å². The Labute approximate surface area is 189 Å². The average molecular weight is 450 g/mol. The van der Waals surface area contributed by atoms with Crippen molar-refractivity contribution in [2.75, 3.05) is 18.2 Å². The minimum atomic E-state index is -0.0499. The molecular formula is C24H23N3O2S2. The van der Waals surface area contributed by atoms with Gasteiger partial charge in [-0.2, -0.15) is 0 Å². The zero-order valence-corrected chi connectivity index (χ0v) is 19.2. The average Bonchev–Trinajstić information content (AvgIpc) is 3.23. The number of carbonyl (C=O) groups is 1. The van der Waals surface area contributed by atoms with Crippen LogP contribution < -0.4 is 10.1 Å². The Morgan fingerprint density at radius 2 is 1.90 bits per heavy atom. The van der Waals surface area contributed by atoms with E-state index in [2.05, 4.69) is 34.5 Å². The molecule has 158 valence electrons. The van der Waals surface area contributed by atoms with Crippen molar-refractivity contribution in [3.63, 3.8) is 0 Å². The van der Waals surface area contributed by atoms with Crippen LogP contribution in [-0.4, -0.2) is 28.7 Å². The van der Waals surface area contributed by atoms with E-state index >= 15 is 0 Å². The lowest BCUT2D eigenvalue weighted by Crippen LogP contribution is -2.15. The summed E-state index contributed by atoms with van der Waals surface area (Å²) in [6.07, 6.45) is 1.56. The second-order valence-electron chi connectivity index (χ2n) is 7.32. The Hall–Kier alpha value is -2.90. The first kappa shape index (κ1) is 21.3. The fourth-order valence-electron chi connectivity index (χ4n) is 3.37. The minimum Gasteiger partial charge on any atom is -0.497 e. The fraction of sp³-hybridized carbons (Fsp3) is 0.208. The number of benzene rings is 2. The molecule has 2 aromatic carbocycles. The van der Waals surface area contributed by atoms with Crippen LogP contribution in [0.2, 0.25) is 0 Å². The van der Waals surface area contributed by atoms with Gasteiger partial charge in [0.25, 0.3) is 0 Å². The molecule has 0 aliphatic heterocycles. The summed E-state index contributed by atoms with van der Waals surface area (Å²) in [7, 11) is 1.65. The second-order valence-corrected chi connectivity index (χ2v) is 9.14. The van der Waals surface area contributed by atoms with Gasteiger partial charge in [-0.3, -0.25) is 4.79 Å². The highest BCUT2D eigenvalue weighted by Gasteiger charge is 2.16. The Morgan fingerprint density at radius 1 is 1.13 bits per heavy atom. The number of anilines is 1. The molecule has 0 unspecified atom stereocenters. The molecule has 2 heterocycles. The van der Waals surface area contributed by atoms with Gasteiger partial charge in [0.15, 0.2) is 0 Å². The van der Waals surface area contributed by atoms with Crippen LogP contribution >= 0.6 is 23.1 Å². The number of fused-ring (bicyclic) bond motifs is 1. The van der Waals surface area contributed by atoms with E-state index < -0.39 is 0 Å². The standard InChI is InChI=1S/C24H23N3O2S2/c1-15(2)18-6-4-5-7-20(18)27-21(28)13-31-24-22-19(12-30-23(22)25-14-26-24)16-8-10-17(29-3)11-9-16/h4-12,14-15H,13H2,1-3H3,(H,27,28). The quantitative estimate of drug-likeness (QED) is 0.268. The summed E-state index contributed by atoms with van der Waals surface area (Å²) in [5, 5.41) is 6.93. The van der Waals surface area contributed by atoms with Crippen molar-refractivity contribution in [2.24, 2.45) is 0 Å². The van der Waals surface area contributed by atoms with Crippen molar-refractivity contribution < 1.29 is 9.53 Å². The maximum absolute atomic E-state index is 12.7. The third kappa shape index (κ3) is 4.73. The summed E-state index contributed by atoms with van der Waals surface area (Å²) in [4.78, 5) is 22.5. The van der Waals surface area contributed by atoms with Crippen molar-refractivity contribution in [1.29, 1.82) is 0 Å². The molecule has 7 heteroatoms. The number of hydrogen-bond donors (Lipinski definition) is 1. The van der Waals surface area contributed by atoms with Gasteiger partial charge < -0.3 is 10.1 Å². The van der Waals surface area contributed by atoms with Gasteiger partial charge in [-0.15, -0.1) is 11.3 Å². The first-order valence-corrected chi connectivity index (χ1v) is 11.8. The number of ether oxygens (including phenoxy) is 1. The van der Waals surface area contributed by atoms with Crippen molar-refractivity contribution in [1.82, 2.24) is 9.97 Å². The lowest BCUT2D eigenvalue weighted by molar-refractivity contribution is -0.113. The largest absolute Gasteiger partial charge is 0.497 e. The molecule has 0 saturated heterocycles. The predicted molar refractivity (Wildman–Crippen MR) is 129 cm³/mol. The molecule has 4 aromatic rings. The second kappa shape index (κ2) is 9.49. The van der Waals surface area contributed by atoms with Gasteiger partial charge >= 0.3 is 0 Å². The van der Waals surface area contributed by atoms with Gasteiger partial charge in [-0.05, 0) is 35.2 Å². The maximum atomic E-state index is 12.7. The first-order valence-electron chi connectivity index (χ1n) is 9.95. The molecule has 0 spiro atoms. The van der Waals surface area contributed by atoms with E-state index in [-0.39, 0.29) is 11.7 Å². The molecule has 1 amide bonds. The van der Waals surface area contributed by atoms with Crippen LogP contribution in [0.1, 0.15) is 25.3 Å². The number of hydrogen-bond acceptors (Lipinski definition) is 6. The van der Waals surface area contributed by atoms with Gasteiger partial charge in [0, 0.05) is 16.6 Å². The highest BCUT2D eigenvalue weighted by Crippen LogP contribution is 2.38. The van der Waals surface area contributed by atoms with Gasteiger partial charge in [0.2, 0.25) is 5.91 Å². The SMILES string of the molecule is COc1ccc(-c2csc3ncnc(SCC(=O)Nc4ccccc4C(C)C)c23)cc1. The molecule has 2 aromatic heterocycles. The lowest BCUT2D eigenvalue weighted by Gasteiger charge is -2.13. The van der Waals surface area contributed by atoms with Crippen molar-refractivity contribution >= 4 is 44.9 Å². The number of aromatic nitrogens is 2. The predicted octanol–water partition coefficient (Wildman–Crippen LogP) is 6.22. The minimum absolute atomic E-state index is 0.0499. The summed E-state index contributed by atoms with van der Waals surface area (Å²) in [5.74, 6) is 1.37. The molecular weight excluding hydrogens is 426 g/mol. The summed E-state index contributed by atoms with van der Waals surface area (Å²) in [6.45, 7) is 4.24. The Balaban J connectivity index is 1.55. The highest BCUT2D eigenvalue weighted by atomic mass is 32.2. The number of thioether (sulfide) groups is 1. The number of para-hydroxylation sites is 1. The maximum Gasteiger partial charge on any atom is 0.234 e. The number of amides is 1. The van der Waals surface area contributed by atoms with Gasteiger partial charge in [0.1, 0.15) is 21.9 Å². The van der Waals surface area contributed by atoms with Crippen LogP contribution in [0.3, 0.4) is 0 Å². The van der Waals surface area contributed by atoms with Crippen molar-refractivity contribution in [3.8, 4) is 16.9 Å². The van der Waals surface area contributed by atoms with E-state index in [9.17, 15) is 4.79 Å². The van der Waals surface area contributed by atoms with Gasteiger partial charge in [-0.25, -0.2) is 9.97 Å². The van der Waals surface area contributed by atoms with E-state index in [1.807, 2.05) is 48.5 Å². The Morgan fingerprint density at radius 3 is 2.65 bits per heavy atom. The summed E-state index contributed by atoms with van der Waals surface area (Å²) in [6, 6.07) is 15.9. The normalized spacial score (nSPS) is 11.1. The summed E-state index contributed by atoms with van der Waals surface area (Å²) >= 11 is 3.01. The van der Waals surface area contributed by atoms with E-state index in [4.69, 9.17) is 4.74 Å². The zero-order chi connectivity index (χ0) is 21.8. The molecule has 0 bridgehead atoms. The first-order chi connectivity index (χ1) is 15.1. The number of nitrogens with zero attached hydrogens (tertiary/aromatic N) is 2. The third-order valence-corrected chi connectivity index (χ3v) is 6.81. The Bertz CT molecular complexity index is 1200. The number of nitrogens with one attached hydrogen (secondary N) is 1. The fourth-order valence-corrected chi connectivity index (χ4v) is 5.17. The van der Waals surface area contributed by atoms with Crippen molar-refractivity contribution in [3.05, 3.63) is 65.8 Å². The number of thiophene rings is 1. The monoisotopic (exact) mass is 449 g/mol. The molecule has 0 atom stereocenters. The van der Waals surface area contributed by atoms with E-state index in [0.29, 0.717) is 5.92 Å². The topological polar surface area (TPSA) is 64.1 Å². The van der Waals surface area contributed by atoms with Gasteiger partial charge in [-0.1, -0.05) is 55.9 Å². The molecule has 31 heavy (non-hydrogen) atoms. The summed E-state index contributed by atoms with van der Waals surface area (Å²) < 4.78 is 5.26. The van der Waals surface area contributed by atoms with Crippen LogP contribution in [0.5, 0.6) is 5.75 Å². The third-order valence-electron chi connectivity index (χ3n) is 4.93. The Kier molecular flexibility index (Phi) is 6.53. The van der Waals surface area contributed by atoms with E-state index in [0.717, 1.165) is 43.4 Å². The lowest BCUT2D eigenvalue weighted by atomic mass is 10.0. The number of rotatable bonds is 7. The molecule has 4 rings (SSSR count). The molecule has 5 nitrogen and oxygen atoms in total. The van der Waals surface area contributed by atoms with E-state index in [1.165, 1.54) is 11.8 Å². The molecule has 0 fully saturated rings. The number of methoxy groups -OCH3 is 1. The molecule has 0 radical (unpaired) electrons. The smallest absolute Gasteiger partial charge is 0.234 e. The summed E-state index contributed by atoms with van der Waals surface area (Å²) in [5.41, 5.74) is 4.13. The van der Waals surface area contributed by atoms with Crippen LogP contribution in [0.4, 0.5) is 5.69 Å². The van der Waals surface area contributed by atoms with Crippen molar-refractivity contribution in [2.45, 2.75) is 24.8 Å². The number of carbonyl (C=O) groups excluding carboxylic acids is 1. The van der Waals surface area contributed by atoms with Crippen LogP contribution in [-0.2, 0) is 4.79 Å². The van der Waals surface area contributed by atoms with Crippen LogP contribution in [0.15, 0.2) is 65.3 Å². The van der Waals surface area contributed by atoms with Gasteiger partial charge in [0.05, 0.1) is 18.2 Å². The zero-order valence-electron chi connectivity index (χ0n) is 17.6. The molecule has 0 saturated carbocycles. The molecule has 0 aliphatic rings. The van der Waals surface area contributed by atoms with Crippen LogP contribution in [0, 0.1) is 0 Å². The molecule has 1 N–H and O–H groups in total. The highest BCUT2D eigenvalue weighted by molar-refractivity contribution is 8.00.